The molecule has 2 rings (SSSR count). The molecule has 0 aromatic heterocycles. The first-order valence-electron chi connectivity index (χ1n) is 5.63. The van der Waals surface area contributed by atoms with E-state index in [1.807, 2.05) is 19.1 Å². The van der Waals surface area contributed by atoms with Crippen LogP contribution in [0.25, 0.3) is 0 Å². The lowest BCUT2D eigenvalue weighted by atomic mass is 9.72. The minimum absolute atomic E-state index is 0.192. The first-order chi connectivity index (χ1) is 7.62. The highest BCUT2D eigenvalue weighted by atomic mass is 16.5. The Morgan fingerprint density at radius 2 is 1.88 bits per heavy atom. The molecule has 0 atom stereocenters. The predicted octanol–water partition coefficient (Wildman–Crippen LogP) is 2.35. The highest BCUT2D eigenvalue weighted by Gasteiger charge is 2.37. The van der Waals surface area contributed by atoms with Gasteiger partial charge in [0.05, 0.1) is 14.2 Å². The first-order valence-corrected chi connectivity index (χ1v) is 5.63. The van der Waals surface area contributed by atoms with Gasteiger partial charge in [0, 0.05) is 16.7 Å². The second-order valence-electron chi connectivity index (χ2n) is 4.48. The fourth-order valence-corrected chi connectivity index (χ4v) is 2.38. The fourth-order valence-electron chi connectivity index (χ4n) is 2.38. The highest BCUT2D eigenvalue weighted by Crippen LogP contribution is 2.45. The SMILES string of the molecule is COc1ccc(C2(N)CCC2)c(OC)c1C. The van der Waals surface area contributed by atoms with Crippen molar-refractivity contribution in [2.45, 2.75) is 31.7 Å². The van der Waals surface area contributed by atoms with Crippen LogP contribution in [0, 0.1) is 6.92 Å². The molecule has 3 nitrogen and oxygen atoms in total. The van der Waals surface area contributed by atoms with Crippen molar-refractivity contribution >= 4 is 0 Å². The number of ether oxygens (including phenoxy) is 2. The molecule has 2 N–H and O–H groups in total. The van der Waals surface area contributed by atoms with Crippen LogP contribution in [0.2, 0.25) is 0 Å². The average molecular weight is 221 g/mol. The Balaban J connectivity index is 2.50. The largest absolute Gasteiger partial charge is 0.496 e. The van der Waals surface area contributed by atoms with E-state index < -0.39 is 0 Å². The van der Waals surface area contributed by atoms with Gasteiger partial charge in [0.2, 0.25) is 0 Å². The molecule has 0 bridgehead atoms. The van der Waals surface area contributed by atoms with Crippen molar-refractivity contribution in [2.24, 2.45) is 5.73 Å². The van der Waals surface area contributed by atoms with Gasteiger partial charge in [-0.15, -0.1) is 0 Å². The van der Waals surface area contributed by atoms with Crippen LogP contribution in [0.4, 0.5) is 0 Å². The quantitative estimate of drug-likeness (QED) is 0.852. The number of benzene rings is 1. The molecule has 0 heterocycles. The Hall–Kier alpha value is -1.22. The van der Waals surface area contributed by atoms with Crippen LogP contribution in [-0.2, 0) is 5.54 Å². The minimum Gasteiger partial charge on any atom is -0.496 e. The third-order valence-electron chi connectivity index (χ3n) is 3.56. The van der Waals surface area contributed by atoms with E-state index in [0.717, 1.165) is 35.5 Å². The van der Waals surface area contributed by atoms with Crippen LogP contribution < -0.4 is 15.2 Å². The lowest BCUT2D eigenvalue weighted by molar-refractivity contribution is 0.243. The van der Waals surface area contributed by atoms with Crippen molar-refractivity contribution in [1.82, 2.24) is 0 Å². The van der Waals surface area contributed by atoms with Crippen LogP contribution in [0.1, 0.15) is 30.4 Å². The number of nitrogens with two attached hydrogens (primary N) is 1. The zero-order valence-corrected chi connectivity index (χ0v) is 10.2. The van der Waals surface area contributed by atoms with Gasteiger partial charge in [0.25, 0.3) is 0 Å². The highest BCUT2D eigenvalue weighted by molar-refractivity contribution is 5.52. The van der Waals surface area contributed by atoms with E-state index >= 15 is 0 Å². The molecular weight excluding hydrogens is 202 g/mol. The minimum atomic E-state index is -0.192. The molecule has 88 valence electrons. The lowest BCUT2D eigenvalue weighted by Gasteiger charge is -2.39. The Morgan fingerprint density at radius 3 is 2.31 bits per heavy atom. The Bertz CT molecular complexity index is 397. The molecule has 0 saturated heterocycles. The average Bonchev–Trinajstić information content (AvgIpc) is 2.25. The van der Waals surface area contributed by atoms with Gasteiger partial charge in [-0.2, -0.15) is 0 Å². The molecule has 1 saturated carbocycles. The summed E-state index contributed by atoms with van der Waals surface area (Å²) in [6.07, 6.45) is 3.27. The van der Waals surface area contributed by atoms with E-state index in [9.17, 15) is 0 Å². The van der Waals surface area contributed by atoms with Crippen molar-refractivity contribution in [1.29, 1.82) is 0 Å². The molecule has 0 aliphatic heterocycles. The maximum Gasteiger partial charge on any atom is 0.130 e. The third-order valence-corrected chi connectivity index (χ3v) is 3.56. The van der Waals surface area contributed by atoms with Gasteiger partial charge in [-0.05, 0) is 38.3 Å². The molecule has 1 aliphatic carbocycles. The van der Waals surface area contributed by atoms with Gasteiger partial charge in [0.1, 0.15) is 11.5 Å². The fraction of sp³-hybridized carbons (Fsp3) is 0.538. The number of hydrogen-bond acceptors (Lipinski definition) is 3. The number of rotatable bonds is 3. The van der Waals surface area contributed by atoms with Gasteiger partial charge < -0.3 is 15.2 Å². The summed E-state index contributed by atoms with van der Waals surface area (Å²) < 4.78 is 10.8. The molecule has 3 heteroatoms. The number of hydrogen-bond donors (Lipinski definition) is 1. The van der Waals surface area contributed by atoms with Crippen molar-refractivity contribution in [2.75, 3.05) is 14.2 Å². The van der Waals surface area contributed by atoms with Crippen LogP contribution >= 0.6 is 0 Å². The maximum absolute atomic E-state index is 6.34. The van der Waals surface area contributed by atoms with Crippen molar-refractivity contribution in [3.8, 4) is 11.5 Å². The summed E-state index contributed by atoms with van der Waals surface area (Å²) in [7, 11) is 3.36. The molecule has 0 unspecified atom stereocenters. The summed E-state index contributed by atoms with van der Waals surface area (Å²) in [5, 5.41) is 0. The maximum atomic E-state index is 6.34. The molecule has 16 heavy (non-hydrogen) atoms. The molecule has 1 aromatic carbocycles. The van der Waals surface area contributed by atoms with Gasteiger partial charge >= 0.3 is 0 Å². The molecule has 0 spiro atoms. The van der Waals surface area contributed by atoms with Crippen LogP contribution in [0.15, 0.2) is 12.1 Å². The second-order valence-corrected chi connectivity index (χ2v) is 4.48. The smallest absolute Gasteiger partial charge is 0.130 e. The summed E-state index contributed by atoms with van der Waals surface area (Å²) in [6.45, 7) is 2.00. The van der Waals surface area contributed by atoms with E-state index in [1.165, 1.54) is 6.42 Å². The summed E-state index contributed by atoms with van der Waals surface area (Å²) in [5.74, 6) is 1.73. The third kappa shape index (κ3) is 1.55. The summed E-state index contributed by atoms with van der Waals surface area (Å²) in [5.41, 5.74) is 8.29. The zero-order chi connectivity index (χ0) is 11.8. The van der Waals surface area contributed by atoms with Crippen LogP contribution in [-0.4, -0.2) is 14.2 Å². The molecule has 1 aliphatic rings. The van der Waals surface area contributed by atoms with Crippen molar-refractivity contribution in [3.63, 3.8) is 0 Å². The predicted molar refractivity (Wildman–Crippen MR) is 64.0 cm³/mol. The first kappa shape index (κ1) is 11.3. The lowest BCUT2D eigenvalue weighted by Crippen LogP contribution is -2.43. The van der Waals surface area contributed by atoms with Crippen molar-refractivity contribution < 1.29 is 9.47 Å². The van der Waals surface area contributed by atoms with E-state index in [1.54, 1.807) is 14.2 Å². The second kappa shape index (κ2) is 3.98. The molecule has 1 fully saturated rings. The standard InChI is InChI=1S/C13H19NO2/c1-9-11(15-2)6-5-10(12(9)16-3)13(14)7-4-8-13/h5-6H,4,7-8,14H2,1-3H3. The zero-order valence-electron chi connectivity index (χ0n) is 10.2. The van der Waals surface area contributed by atoms with Gasteiger partial charge in [-0.3, -0.25) is 0 Å². The Labute approximate surface area is 96.5 Å². The topological polar surface area (TPSA) is 44.5 Å². The monoisotopic (exact) mass is 221 g/mol. The van der Waals surface area contributed by atoms with Gasteiger partial charge in [-0.25, -0.2) is 0 Å². The van der Waals surface area contributed by atoms with Crippen molar-refractivity contribution in [3.05, 3.63) is 23.3 Å². The van der Waals surface area contributed by atoms with E-state index in [2.05, 4.69) is 0 Å². The van der Waals surface area contributed by atoms with Gasteiger partial charge in [-0.1, -0.05) is 0 Å². The van der Waals surface area contributed by atoms with Gasteiger partial charge in [0.15, 0.2) is 0 Å². The van der Waals surface area contributed by atoms with E-state index in [-0.39, 0.29) is 5.54 Å². The Morgan fingerprint density at radius 1 is 1.19 bits per heavy atom. The summed E-state index contributed by atoms with van der Waals surface area (Å²) >= 11 is 0. The van der Waals surface area contributed by atoms with E-state index in [4.69, 9.17) is 15.2 Å². The summed E-state index contributed by atoms with van der Waals surface area (Å²) in [6, 6.07) is 4.00. The molecular formula is C13H19NO2. The molecule has 1 aromatic rings. The van der Waals surface area contributed by atoms with E-state index in [0.29, 0.717) is 0 Å². The van der Waals surface area contributed by atoms with Crippen LogP contribution in [0.3, 0.4) is 0 Å². The number of methoxy groups -OCH3 is 2. The Kier molecular flexibility index (Phi) is 2.80. The molecule has 0 amide bonds. The normalized spacial score (nSPS) is 17.8. The van der Waals surface area contributed by atoms with Crippen LogP contribution in [0.5, 0.6) is 11.5 Å². The molecule has 0 radical (unpaired) electrons. The summed E-state index contributed by atoms with van der Waals surface area (Å²) in [4.78, 5) is 0.